The van der Waals surface area contributed by atoms with E-state index < -0.39 is 23.4 Å². The highest BCUT2D eigenvalue weighted by atomic mass is 19.4. The Hall–Kier alpha value is -1.92. The minimum absolute atomic E-state index is 0.0248. The molecule has 1 aromatic carbocycles. The standard InChI is InChI=1S/C16H21F3N2O2/c1-15(2,3)23-14(22)21-13-8-12(9-13)20-11-6-4-10(5-7-11)16(17,18)19/h4-7,12-13,20H,8-9H2,1-3H3,(H,21,22). The minimum atomic E-state index is -4.32. The maximum atomic E-state index is 12.5. The first-order chi connectivity index (χ1) is 10.5. The summed E-state index contributed by atoms with van der Waals surface area (Å²) in [5.74, 6) is 0. The van der Waals surface area contributed by atoms with Crippen molar-refractivity contribution in [2.45, 2.75) is 57.5 Å². The zero-order valence-corrected chi connectivity index (χ0v) is 13.3. The first-order valence-corrected chi connectivity index (χ1v) is 7.46. The summed E-state index contributed by atoms with van der Waals surface area (Å²) in [6, 6.07) is 5.09. The van der Waals surface area contributed by atoms with E-state index in [-0.39, 0.29) is 12.1 Å². The summed E-state index contributed by atoms with van der Waals surface area (Å²) in [6.07, 6.45) is -3.35. The molecule has 1 aromatic rings. The van der Waals surface area contributed by atoms with E-state index in [1.54, 1.807) is 20.8 Å². The summed E-state index contributed by atoms with van der Waals surface area (Å²) in [5.41, 5.74) is -0.564. The van der Waals surface area contributed by atoms with Crippen molar-refractivity contribution in [2.24, 2.45) is 0 Å². The predicted molar refractivity (Wildman–Crippen MR) is 81.2 cm³/mol. The van der Waals surface area contributed by atoms with Gasteiger partial charge >= 0.3 is 12.3 Å². The van der Waals surface area contributed by atoms with Gasteiger partial charge in [0, 0.05) is 17.8 Å². The average molecular weight is 330 g/mol. The molecule has 23 heavy (non-hydrogen) atoms. The Morgan fingerprint density at radius 2 is 1.65 bits per heavy atom. The van der Waals surface area contributed by atoms with Gasteiger partial charge in [0.1, 0.15) is 5.60 Å². The summed E-state index contributed by atoms with van der Waals surface area (Å²) in [7, 11) is 0. The van der Waals surface area contributed by atoms with Gasteiger partial charge in [-0.1, -0.05) is 0 Å². The van der Waals surface area contributed by atoms with Crippen LogP contribution in [-0.2, 0) is 10.9 Å². The van der Waals surface area contributed by atoms with E-state index in [1.165, 1.54) is 12.1 Å². The number of amides is 1. The van der Waals surface area contributed by atoms with Gasteiger partial charge in [-0.25, -0.2) is 4.79 Å². The molecule has 7 heteroatoms. The molecule has 0 atom stereocenters. The quantitative estimate of drug-likeness (QED) is 0.874. The number of carbonyl (C=O) groups excluding carboxylic acids is 1. The maximum absolute atomic E-state index is 12.5. The second kappa shape index (κ2) is 6.29. The number of hydrogen-bond acceptors (Lipinski definition) is 3. The number of nitrogens with one attached hydrogen (secondary N) is 2. The summed E-state index contributed by atoms with van der Waals surface area (Å²) in [4.78, 5) is 11.6. The van der Waals surface area contributed by atoms with Gasteiger partial charge in [0.25, 0.3) is 0 Å². The normalized spacial score (nSPS) is 21.3. The lowest BCUT2D eigenvalue weighted by molar-refractivity contribution is -0.137. The van der Waals surface area contributed by atoms with Crippen LogP contribution < -0.4 is 10.6 Å². The topological polar surface area (TPSA) is 50.4 Å². The Balaban J connectivity index is 1.75. The Labute approximate surface area is 133 Å². The van der Waals surface area contributed by atoms with Crippen molar-refractivity contribution < 1.29 is 22.7 Å². The molecule has 1 amide bonds. The number of carbonyl (C=O) groups is 1. The van der Waals surface area contributed by atoms with E-state index in [9.17, 15) is 18.0 Å². The summed E-state index contributed by atoms with van der Waals surface area (Å²) >= 11 is 0. The first-order valence-electron chi connectivity index (χ1n) is 7.46. The van der Waals surface area contributed by atoms with Crippen LogP contribution in [0.1, 0.15) is 39.2 Å². The predicted octanol–water partition coefficient (Wildman–Crippen LogP) is 4.17. The van der Waals surface area contributed by atoms with Crippen LogP contribution in [0, 0.1) is 0 Å². The van der Waals surface area contributed by atoms with Gasteiger partial charge in [0.05, 0.1) is 5.56 Å². The summed E-state index contributed by atoms with van der Waals surface area (Å²) < 4.78 is 42.6. The van der Waals surface area contributed by atoms with Crippen LogP contribution in [0.5, 0.6) is 0 Å². The van der Waals surface area contributed by atoms with Gasteiger partial charge in [0.2, 0.25) is 0 Å². The van der Waals surface area contributed by atoms with Gasteiger partial charge in [-0.05, 0) is 57.9 Å². The maximum Gasteiger partial charge on any atom is 0.416 e. The molecular formula is C16H21F3N2O2. The SMILES string of the molecule is CC(C)(C)OC(=O)NC1CC(Nc2ccc(C(F)(F)F)cc2)C1. The number of halogens is 3. The molecule has 1 saturated carbocycles. The molecule has 1 aliphatic carbocycles. The lowest BCUT2D eigenvalue weighted by Gasteiger charge is -2.37. The largest absolute Gasteiger partial charge is 0.444 e. The molecule has 1 fully saturated rings. The van der Waals surface area contributed by atoms with Crippen LogP contribution in [0.15, 0.2) is 24.3 Å². The number of rotatable bonds is 3. The highest BCUT2D eigenvalue weighted by Gasteiger charge is 2.32. The Morgan fingerprint density at radius 1 is 1.09 bits per heavy atom. The van der Waals surface area contributed by atoms with Crippen LogP contribution >= 0.6 is 0 Å². The molecule has 0 spiro atoms. The monoisotopic (exact) mass is 330 g/mol. The van der Waals surface area contributed by atoms with Crippen LogP contribution in [0.3, 0.4) is 0 Å². The number of alkyl carbamates (subject to hydrolysis) is 1. The lowest BCUT2D eigenvalue weighted by atomic mass is 9.86. The third-order valence-corrected chi connectivity index (χ3v) is 3.44. The smallest absolute Gasteiger partial charge is 0.416 e. The van der Waals surface area contributed by atoms with Crippen LogP contribution in [0.4, 0.5) is 23.7 Å². The van der Waals surface area contributed by atoms with E-state index in [0.29, 0.717) is 18.5 Å². The van der Waals surface area contributed by atoms with Crippen molar-refractivity contribution in [1.29, 1.82) is 0 Å². The zero-order valence-electron chi connectivity index (χ0n) is 13.3. The van der Waals surface area contributed by atoms with E-state index >= 15 is 0 Å². The van der Waals surface area contributed by atoms with Crippen molar-refractivity contribution >= 4 is 11.8 Å². The number of ether oxygens (including phenoxy) is 1. The van der Waals surface area contributed by atoms with Crippen molar-refractivity contribution in [3.8, 4) is 0 Å². The van der Waals surface area contributed by atoms with Gasteiger partial charge in [0.15, 0.2) is 0 Å². The molecule has 0 aliphatic heterocycles. The molecule has 0 bridgehead atoms. The molecule has 1 aliphatic rings. The Morgan fingerprint density at radius 3 is 2.13 bits per heavy atom. The molecule has 2 N–H and O–H groups in total. The van der Waals surface area contributed by atoms with E-state index in [1.807, 2.05) is 0 Å². The Bertz CT molecular complexity index is 544. The third kappa shape index (κ3) is 5.33. The van der Waals surface area contributed by atoms with E-state index in [2.05, 4.69) is 10.6 Å². The molecule has 4 nitrogen and oxygen atoms in total. The first kappa shape index (κ1) is 17.4. The average Bonchev–Trinajstić information content (AvgIpc) is 2.33. The second-order valence-corrected chi connectivity index (χ2v) is 6.73. The second-order valence-electron chi connectivity index (χ2n) is 6.73. The van der Waals surface area contributed by atoms with Crippen molar-refractivity contribution in [2.75, 3.05) is 5.32 Å². The highest BCUT2D eigenvalue weighted by Crippen LogP contribution is 2.31. The fourth-order valence-electron chi connectivity index (χ4n) is 2.32. The fourth-order valence-corrected chi connectivity index (χ4v) is 2.32. The molecule has 2 rings (SSSR count). The third-order valence-electron chi connectivity index (χ3n) is 3.44. The Kier molecular flexibility index (Phi) is 4.77. The van der Waals surface area contributed by atoms with E-state index in [4.69, 9.17) is 4.74 Å². The number of alkyl halides is 3. The molecular weight excluding hydrogens is 309 g/mol. The number of hydrogen-bond donors (Lipinski definition) is 2. The van der Waals surface area contributed by atoms with Gasteiger partial charge in [-0.2, -0.15) is 13.2 Å². The lowest BCUT2D eigenvalue weighted by Crippen LogP contribution is -2.50. The molecule has 0 heterocycles. The molecule has 0 saturated heterocycles. The van der Waals surface area contributed by atoms with Gasteiger partial charge < -0.3 is 15.4 Å². The number of anilines is 1. The number of benzene rings is 1. The van der Waals surface area contributed by atoms with Gasteiger partial charge in [-0.3, -0.25) is 0 Å². The molecule has 128 valence electrons. The van der Waals surface area contributed by atoms with Crippen LogP contribution in [0.25, 0.3) is 0 Å². The highest BCUT2D eigenvalue weighted by molar-refractivity contribution is 5.68. The zero-order chi connectivity index (χ0) is 17.3. The summed E-state index contributed by atoms with van der Waals surface area (Å²) in [6.45, 7) is 5.38. The fraction of sp³-hybridized carbons (Fsp3) is 0.562. The molecule has 0 aromatic heterocycles. The molecule has 0 radical (unpaired) electrons. The van der Waals surface area contributed by atoms with Crippen molar-refractivity contribution in [3.05, 3.63) is 29.8 Å². The molecule has 0 unspecified atom stereocenters. The van der Waals surface area contributed by atoms with Crippen LogP contribution in [0.2, 0.25) is 0 Å². The summed E-state index contributed by atoms with van der Waals surface area (Å²) in [5, 5.41) is 5.92. The minimum Gasteiger partial charge on any atom is -0.444 e. The van der Waals surface area contributed by atoms with Gasteiger partial charge in [-0.15, -0.1) is 0 Å². The van der Waals surface area contributed by atoms with E-state index in [0.717, 1.165) is 12.1 Å². The van der Waals surface area contributed by atoms with Crippen molar-refractivity contribution in [1.82, 2.24) is 5.32 Å². The van der Waals surface area contributed by atoms with Crippen molar-refractivity contribution in [3.63, 3.8) is 0 Å². The van der Waals surface area contributed by atoms with Crippen LogP contribution in [-0.4, -0.2) is 23.8 Å².